The fourth-order valence-corrected chi connectivity index (χ4v) is 0.897. The molecule has 12 heavy (non-hydrogen) atoms. The molecule has 0 radical (unpaired) electrons. The van der Waals surface area contributed by atoms with Crippen LogP contribution in [-0.2, 0) is 4.79 Å². The quantitative estimate of drug-likeness (QED) is 0.435. The molecule has 1 aromatic carbocycles. The number of hydrogen-bond acceptors (Lipinski definition) is 2. The summed E-state index contributed by atoms with van der Waals surface area (Å²) < 4.78 is 0. The predicted molar refractivity (Wildman–Crippen MR) is 49.1 cm³/mol. The van der Waals surface area contributed by atoms with Crippen molar-refractivity contribution in [1.82, 2.24) is 0 Å². The van der Waals surface area contributed by atoms with Crippen LogP contribution in [0.5, 0.6) is 0 Å². The standard InChI is InChI=1S/C8H9NOS.Na.H/c1-6(10)9-7-2-4-8(11)5-3-7;;/h2-5,11H,1H3,(H,9,10);;/q;+1;-1. The van der Waals surface area contributed by atoms with E-state index in [1.165, 1.54) is 6.92 Å². The molecule has 0 saturated carbocycles. The molecule has 0 aliphatic carbocycles. The second kappa shape index (κ2) is 5.65. The Bertz CT molecular complexity index is 265. The number of hydrogen-bond donors (Lipinski definition) is 2. The van der Waals surface area contributed by atoms with E-state index < -0.39 is 0 Å². The Labute approximate surface area is 101 Å². The van der Waals surface area contributed by atoms with Gasteiger partial charge in [0.2, 0.25) is 5.91 Å². The molecule has 0 unspecified atom stereocenters. The first-order valence-electron chi connectivity index (χ1n) is 3.25. The zero-order valence-electron chi connectivity index (χ0n) is 8.16. The zero-order valence-corrected chi connectivity index (χ0v) is 10.1. The summed E-state index contributed by atoms with van der Waals surface area (Å²) >= 11 is 4.11. The van der Waals surface area contributed by atoms with Crippen LogP contribution in [0, 0.1) is 0 Å². The molecule has 0 heterocycles. The smallest absolute Gasteiger partial charge is 1.00 e. The van der Waals surface area contributed by atoms with Crippen molar-refractivity contribution in [2.75, 3.05) is 5.32 Å². The summed E-state index contributed by atoms with van der Waals surface area (Å²) in [5.41, 5.74) is 0.801. The van der Waals surface area contributed by atoms with Crippen molar-refractivity contribution in [3.8, 4) is 0 Å². The third kappa shape index (κ3) is 4.16. The topological polar surface area (TPSA) is 29.1 Å². The number of carbonyl (C=O) groups is 1. The van der Waals surface area contributed by atoms with Gasteiger partial charge in [0, 0.05) is 17.5 Å². The summed E-state index contributed by atoms with van der Waals surface area (Å²) in [5.74, 6) is -0.0584. The van der Waals surface area contributed by atoms with Gasteiger partial charge in [-0.1, -0.05) is 0 Å². The van der Waals surface area contributed by atoms with Crippen LogP contribution in [0.3, 0.4) is 0 Å². The maximum atomic E-state index is 10.6. The second-order valence-electron chi connectivity index (χ2n) is 2.23. The third-order valence-electron chi connectivity index (χ3n) is 1.19. The molecular weight excluding hydrogens is 181 g/mol. The molecule has 1 rings (SSSR count). The summed E-state index contributed by atoms with van der Waals surface area (Å²) in [4.78, 5) is 11.5. The van der Waals surface area contributed by atoms with Gasteiger partial charge < -0.3 is 6.74 Å². The van der Waals surface area contributed by atoms with Gasteiger partial charge >= 0.3 is 29.6 Å². The predicted octanol–water partition coefficient (Wildman–Crippen LogP) is -0.950. The average molecular weight is 191 g/mol. The van der Waals surface area contributed by atoms with E-state index in [4.69, 9.17) is 0 Å². The van der Waals surface area contributed by atoms with Crippen LogP contribution in [0.25, 0.3) is 0 Å². The molecule has 2 nitrogen and oxygen atoms in total. The van der Waals surface area contributed by atoms with Gasteiger partial charge in [-0.25, -0.2) is 0 Å². The molecule has 4 heteroatoms. The maximum Gasteiger partial charge on any atom is 1.00 e. The fourth-order valence-electron chi connectivity index (χ4n) is 0.748. The maximum absolute atomic E-state index is 10.6. The molecule has 0 spiro atoms. The Kier molecular flexibility index (Phi) is 5.66. The number of rotatable bonds is 1. The van der Waals surface area contributed by atoms with Crippen LogP contribution in [-0.4, -0.2) is 5.91 Å². The monoisotopic (exact) mass is 191 g/mol. The van der Waals surface area contributed by atoms with Crippen molar-refractivity contribution in [3.63, 3.8) is 0 Å². The first-order chi connectivity index (χ1) is 5.18. The molecule has 0 aliphatic rings. The largest absolute Gasteiger partial charge is 1.00 e. The number of carbonyl (C=O) groups excluding carboxylic acids is 1. The molecule has 1 amide bonds. The van der Waals surface area contributed by atoms with Crippen LogP contribution >= 0.6 is 12.6 Å². The number of amides is 1. The minimum Gasteiger partial charge on any atom is -1.00 e. The van der Waals surface area contributed by atoms with Crippen LogP contribution in [0.4, 0.5) is 5.69 Å². The van der Waals surface area contributed by atoms with E-state index in [2.05, 4.69) is 17.9 Å². The van der Waals surface area contributed by atoms with Crippen molar-refractivity contribution < 1.29 is 35.8 Å². The van der Waals surface area contributed by atoms with Crippen LogP contribution in [0.1, 0.15) is 8.35 Å². The van der Waals surface area contributed by atoms with Crippen molar-refractivity contribution in [2.24, 2.45) is 0 Å². The number of benzene rings is 1. The van der Waals surface area contributed by atoms with E-state index in [9.17, 15) is 4.79 Å². The molecule has 0 fully saturated rings. The number of thiol groups is 1. The first kappa shape index (κ1) is 12.0. The average Bonchev–Trinajstić information content (AvgIpc) is 1.93. The normalized spacial score (nSPS) is 8.50. The molecule has 0 aliphatic heterocycles. The Hall–Kier alpha value is 0.0400. The van der Waals surface area contributed by atoms with Gasteiger partial charge in [-0.3, -0.25) is 4.79 Å². The van der Waals surface area contributed by atoms with Crippen molar-refractivity contribution in [1.29, 1.82) is 0 Å². The Morgan fingerprint density at radius 2 is 1.92 bits per heavy atom. The van der Waals surface area contributed by atoms with Gasteiger partial charge in [0.05, 0.1) is 0 Å². The zero-order chi connectivity index (χ0) is 8.27. The van der Waals surface area contributed by atoms with Gasteiger partial charge in [0.1, 0.15) is 0 Å². The second-order valence-corrected chi connectivity index (χ2v) is 2.74. The van der Waals surface area contributed by atoms with Crippen LogP contribution in [0.15, 0.2) is 29.2 Å². The van der Waals surface area contributed by atoms with Crippen molar-refractivity contribution in [3.05, 3.63) is 24.3 Å². The van der Waals surface area contributed by atoms with Gasteiger partial charge in [-0.15, -0.1) is 12.6 Å². The summed E-state index contributed by atoms with van der Waals surface area (Å²) in [5, 5.41) is 2.66. The molecule has 60 valence electrons. The molecule has 0 atom stereocenters. The van der Waals surface area contributed by atoms with Gasteiger partial charge in [0.15, 0.2) is 0 Å². The Morgan fingerprint density at radius 3 is 2.33 bits per heavy atom. The summed E-state index contributed by atoms with van der Waals surface area (Å²) in [6, 6.07) is 7.27. The van der Waals surface area contributed by atoms with Crippen molar-refractivity contribution >= 4 is 24.2 Å². The molecule has 0 bridgehead atoms. The number of nitrogens with one attached hydrogen (secondary N) is 1. The van der Waals surface area contributed by atoms with E-state index in [0.29, 0.717) is 0 Å². The molecular formula is C8H10NNaOS. The number of anilines is 1. The summed E-state index contributed by atoms with van der Waals surface area (Å²) in [6.45, 7) is 1.48. The molecule has 1 aromatic rings. The Morgan fingerprint density at radius 1 is 1.42 bits per heavy atom. The third-order valence-corrected chi connectivity index (χ3v) is 1.49. The van der Waals surface area contributed by atoms with Gasteiger partial charge in [0.25, 0.3) is 0 Å². The van der Waals surface area contributed by atoms with Gasteiger partial charge in [-0.2, -0.15) is 0 Å². The summed E-state index contributed by atoms with van der Waals surface area (Å²) in [7, 11) is 0. The van der Waals surface area contributed by atoms with E-state index >= 15 is 0 Å². The van der Waals surface area contributed by atoms with Crippen molar-refractivity contribution in [2.45, 2.75) is 11.8 Å². The minimum atomic E-state index is -0.0584. The Balaban J connectivity index is 0. The SMILES string of the molecule is CC(=O)Nc1ccc(S)cc1.[H-].[Na+]. The van der Waals surface area contributed by atoms with E-state index in [0.717, 1.165) is 10.6 Å². The van der Waals surface area contributed by atoms with Crippen LogP contribution in [0.2, 0.25) is 0 Å². The van der Waals surface area contributed by atoms with Crippen LogP contribution < -0.4 is 34.9 Å². The first-order valence-corrected chi connectivity index (χ1v) is 3.70. The van der Waals surface area contributed by atoms with E-state index in [1.54, 1.807) is 0 Å². The summed E-state index contributed by atoms with van der Waals surface area (Å²) in [6.07, 6.45) is 0. The minimum absolute atomic E-state index is 0. The van der Waals surface area contributed by atoms with E-state index in [-0.39, 0.29) is 36.9 Å². The molecule has 1 N–H and O–H groups in total. The molecule has 0 saturated heterocycles. The fraction of sp³-hybridized carbons (Fsp3) is 0.125. The van der Waals surface area contributed by atoms with Gasteiger partial charge in [-0.05, 0) is 24.3 Å². The molecule has 0 aromatic heterocycles. The van der Waals surface area contributed by atoms with E-state index in [1.807, 2.05) is 24.3 Å².